The fourth-order valence-electron chi connectivity index (χ4n) is 4.46. The zero-order chi connectivity index (χ0) is 22.6. The van der Waals surface area contributed by atoms with Crippen molar-refractivity contribution in [3.8, 4) is 11.3 Å². The van der Waals surface area contributed by atoms with E-state index >= 15 is 0 Å². The van der Waals surface area contributed by atoms with Crippen molar-refractivity contribution in [3.63, 3.8) is 0 Å². The SMILES string of the molecule is COC[C@@H]1CCCN(C(=O)c2cc(-c3cccnc3)nc3c2cnn3Cc2cccnc2)C1. The van der Waals surface area contributed by atoms with Gasteiger partial charge >= 0.3 is 0 Å². The average molecular weight is 443 g/mol. The van der Waals surface area contributed by atoms with Crippen LogP contribution in [-0.4, -0.2) is 62.3 Å². The summed E-state index contributed by atoms with van der Waals surface area (Å²) in [6.45, 7) is 2.63. The van der Waals surface area contributed by atoms with Gasteiger partial charge in [0, 0.05) is 50.6 Å². The molecule has 1 atom stereocenters. The summed E-state index contributed by atoms with van der Waals surface area (Å²) in [6, 6.07) is 9.60. The second kappa shape index (κ2) is 9.46. The molecule has 0 aromatic carbocycles. The Morgan fingerprint density at radius 2 is 2.00 bits per heavy atom. The normalized spacial score (nSPS) is 16.3. The second-order valence-corrected chi connectivity index (χ2v) is 8.41. The molecule has 5 rings (SSSR count). The summed E-state index contributed by atoms with van der Waals surface area (Å²) in [5, 5.41) is 5.33. The molecule has 0 N–H and O–H groups in total. The molecule has 5 heterocycles. The van der Waals surface area contributed by atoms with Crippen molar-refractivity contribution >= 4 is 16.9 Å². The first kappa shape index (κ1) is 21.2. The smallest absolute Gasteiger partial charge is 0.254 e. The number of amides is 1. The van der Waals surface area contributed by atoms with Crippen molar-refractivity contribution in [1.29, 1.82) is 0 Å². The van der Waals surface area contributed by atoms with Gasteiger partial charge in [0.05, 0.1) is 36.0 Å². The molecule has 168 valence electrons. The van der Waals surface area contributed by atoms with E-state index in [-0.39, 0.29) is 5.91 Å². The lowest BCUT2D eigenvalue weighted by Gasteiger charge is -2.32. The summed E-state index contributed by atoms with van der Waals surface area (Å²) in [5.41, 5.74) is 3.88. The van der Waals surface area contributed by atoms with Gasteiger partial charge in [0.15, 0.2) is 5.65 Å². The number of likely N-dealkylation sites (tertiary alicyclic amines) is 1. The van der Waals surface area contributed by atoms with Crippen LogP contribution in [0.4, 0.5) is 0 Å². The molecule has 0 saturated carbocycles. The number of carbonyl (C=O) groups excluding carboxylic acids is 1. The number of fused-ring (bicyclic) bond motifs is 1. The van der Waals surface area contributed by atoms with Crippen molar-refractivity contribution in [2.24, 2.45) is 5.92 Å². The third kappa shape index (κ3) is 4.47. The molecule has 0 bridgehead atoms. The van der Waals surface area contributed by atoms with Crippen molar-refractivity contribution in [1.82, 2.24) is 29.6 Å². The van der Waals surface area contributed by atoms with Gasteiger partial charge in [0.1, 0.15) is 0 Å². The molecule has 0 unspecified atom stereocenters. The quantitative estimate of drug-likeness (QED) is 0.455. The minimum atomic E-state index is 0.00858. The second-order valence-electron chi connectivity index (χ2n) is 8.41. The lowest BCUT2D eigenvalue weighted by molar-refractivity contribution is 0.0572. The van der Waals surface area contributed by atoms with Gasteiger partial charge in [-0.1, -0.05) is 6.07 Å². The highest BCUT2D eigenvalue weighted by Gasteiger charge is 2.27. The summed E-state index contributed by atoms with van der Waals surface area (Å²) in [4.78, 5) is 29.0. The van der Waals surface area contributed by atoms with Crippen molar-refractivity contribution in [3.05, 3.63) is 72.4 Å². The molecule has 0 radical (unpaired) electrons. The minimum Gasteiger partial charge on any atom is -0.384 e. The maximum absolute atomic E-state index is 13.7. The fraction of sp³-hybridized carbons (Fsp3) is 0.320. The van der Waals surface area contributed by atoms with Gasteiger partial charge in [-0.2, -0.15) is 5.10 Å². The van der Waals surface area contributed by atoms with E-state index in [2.05, 4.69) is 15.1 Å². The molecular weight excluding hydrogens is 416 g/mol. The first-order valence-corrected chi connectivity index (χ1v) is 11.2. The predicted octanol–water partition coefficient (Wildman–Crippen LogP) is 3.44. The lowest BCUT2D eigenvalue weighted by atomic mass is 9.97. The maximum Gasteiger partial charge on any atom is 0.254 e. The highest BCUT2D eigenvalue weighted by Crippen LogP contribution is 2.27. The highest BCUT2D eigenvalue weighted by atomic mass is 16.5. The maximum atomic E-state index is 13.7. The van der Waals surface area contributed by atoms with E-state index in [1.807, 2.05) is 46.1 Å². The fourth-order valence-corrected chi connectivity index (χ4v) is 4.46. The van der Waals surface area contributed by atoms with Crippen LogP contribution < -0.4 is 0 Å². The van der Waals surface area contributed by atoms with Gasteiger partial charge in [-0.25, -0.2) is 9.67 Å². The van der Waals surface area contributed by atoms with Crippen LogP contribution in [-0.2, 0) is 11.3 Å². The van der Waals surface area contributed by atoms with Gasteiger partial charge in [-0.05, 0) is 48.6 Å². The Labute approximate surface area is 192 Å². The van der Waals surface area contributed by atoms with Crippen LogP contribution in [0, 0.1) is 5.92 Å². The average Bonchev–Trinajstić information content (AvgIpc) is 3.27. The van der Waals surface area contributed by atoms with E-state index < -0.39 is 0 Å². The van der Waals surface area contributed by atoms with Crippen molar-refractivity contribution in [2.75, 3.05) is 26.8 Å². The molecule has 1 saturated heterocycles. The van der Waals surface area contributed by atoms with Crippen LogP contribution in [0.3, 0.4) is 0 Å². The summed E-state index contributed by atoms with van der Waals surface area (Å²) in [5.74, 6) is 0.366. The third-order valence-electron chi connectivity index (χ3n) is 6.06. The Kier molecular flexibility index (Phi) is 6.08. The van der Waals surface area contributed by atoms with E-state index in [1.54, 1.807) is 31.9 Å². The minimum absolute atomic E-state index is 0.00858. The Hall–Kier alpha value is -3.65. The molecule has 1 fully saturated rings. The van der Waals surface area contributed by atoms with Crippen molar-refractivity contribution in [2.45, 2.75) is 19.4 Å². The molecule has 0 spiro atoms. The number of rotatable bonds is 6. The lowest BCUT2D eigenvalue weighted by Crippen LogP contribution is -2.41. The molecule has 8 nitrogen and oxygen atoms in total. The van der Waals surface area contributed by atoms with Crippen LogP contribution in [0.15, 0.2) is 61.3 Å². The van der Waals surface area contributed by atoms with Gasteiger partial charge in [-0.15, -0.1) is 0 Å². The Bertz CT molecular complexity index is 1240. The number of methoxy groups -OCH3 is 1. The summed E-state index contributed by atoms with van der Waals surface area (Å²) >= 11 is 0. The van der Waals surface area contributed by atoms with Gasteiger partial charge in [-0.3, -0.25) is 14.8 Å². The molecule has 1 aliphatic heterocycles. The topological polar surface area (TPSA) is 86.0 Å². The van der Waals surface area contributed by atoms with Gasteiger partial charge in [0.25, 0.3) is 5.91 Å². The zero-order valence-corrected chi connectivity index (χ0v) is 18.6. The number of ether oxygens (including phenoxy) is 1. The molecule has 1 amide bonds. The standard InChI is InChI=1S/C25H26N6O2/c1-33-17-19-6-4-10-30(15-19)25(32)21-11-23(20-7-3-9-27-13-20)29-24-22(21)14-28-31(24)16-18-5-2-8-26-12-18/h2-3,5,7-9,11-14,19H,4,6,10,15-17H2,1H3/t19-/m1/s1. The van der Waals surface area contributed by atoms with E-state index in [4.69, 9.17) is 9.72 Å². The molecule has 4 aromatic heterocycles. The van der Waals surface area contributed by atoms with Crippen molar-refractivity contribution < 1.29 is 9.53 Å². The van der Waals surface area contributed by atoms with Gasteiger partial charge in [0.2, 0.25) is 0 Å². The monoisotopic (exact) mass is 442 g/mol. The molecular formula is C25H26N6O2. The summed E-state index contributed by atoms with van der Waals surface area (Å²) in [7, 11) is 1.71. The number of pyridine rings is 3. The van der Waals surface area contributed by atoms with Crippen LogP contribution in [0.25, 0.3) is 22.3 Å². The molecule has 0 aliphatic carbocycles. The van der Waals surface area contributed by atoms with E-state index in [9.17, 15) is 4.79 Å². The molecule has 1 aliphatic rings. The Morgan fingerprint density at radius 1 is 1.15 bits per heavy atom. The van der Waals surface area contributed by atoms with E-state index in [1.165, 1.54) is 0 Å². The number of hydrogen-bond donors (Lipinski definition) is 0. The van der Waals surface area contributed by atoms with E-state index in [0.29, 0.717) is 42.5 Å². The summed E-state index contributed by atoms with van der Waals surface area (Å²) in [6.07, 6.45) is 10.8. The number of nitrogens with zero attached hydrogens (tertiary/aromatic N) is 6. The third-order valence-corrected chi connectivity index (χ3v) is 6.06. The first-order valence-electron chi connectivity index (χ1n) is 11.2. The Balaban J connectivity index is 1.57. The largest absolute Gasteiger partial charge is 0.384 e. The van der Waals surface area contributed by atoms with Gasteiger partial charge < -0.3 is 9.64 Å². The molecule has 33 heavy (non-hydrogen) atoms. The summed E-state index contributed by atoms with van der Waals surface area (Å²) < 4.78 is 7.18. The van der Waals surface area contributed by atoms with Crippen LogP contribution in [0.2, 0.25) is 0 Å². The Morgan fingerprint density at radius 3 is 2.76 bits per heavy atom. The number of piperidine rings is 1. The molecule has 8 heteroatoms. The highest BCUT2D eigenvalue weighted by molar-refractivity contribution is 6.06. The number of hydrogen-bond acceptors (Lipinski definition) is 6. The van der Waals surface area contributed by atoms with Crippen LogP contribution >= 0.6 is 0 Å². The first-order chi connectivity index (χ1) is 16.2. The predicted molar refractivity (Wildman–Crippen MR) is 125 cm³/mol. The number of carbonyl (C=O) groups is 1. The van der Waals surface area contributed by atoms with Crippen LogP contribution in [0.5, 0.6) is 0 Å². The zero-order valence-electron chi connectivity index (χ0n) is 18.6. The number of aromatic nitrogens is 5. The molecule has 4 aromatic rings. The van der Waals surface area contributed by atoms with Crippen LogP contribution in [0.1, 0.15) is 28.8 Å². The van der Waals surface area contributed by atoms with E-state index in [0.717, 1.165) is 35.9 Å².